The zero-order valence-electron chi connectivity index (χ0n) is 17.9. The van der Waals surface area contributed by atoms with Crippen LogP contribution in [-0.2, 0) is 14.3 Å². The zero-order chi connectivity index (χ0) is 23.1. The molecule has 0 radical (unpaired) electrons. The third kappa shape index (κ3) is 6.50. The summed E-state index contributed by atoms with van der Waals surface area (Å²) in [6, 6.07) is 9.83. The molecule has 2 aromatic carbocycles. The number of hydrogen-bond acceptors (Lipinski definition) is 4. The summed E-state index contributed by atoms with van der Waals surface area (Å²) in [5.74, 6) is -1.69. The molecule has 8 heteroatoms. The Bertz CT molecular complexity index is 952. The third-order valence-corrected chi connectivity index (χ3v) is 5.58. The van der Waals surface area contributed by atoms with Gasteiger partial charge in [0, 0.05) is 0 Å². The van der Waals surface area contributed by atoms with E-state index in [4.69, 9.17) is 14.6 Å². The number of carbonyl (C=O) groups excluding carboxylic acids is 1. The highest BCUT2D eigenvalue weighted by Crippen LogP contribution is 2.31. The largest absolute Gasteiger partial charge is 0.480 e. The van der Waals surface area contributed by atoms with Gasteiger partial charge in [0.15, 0.2) is 0 Å². The average Bonchev–Trinajstić information content (AvgIpc) is 2.75. The second kappa shape index (κ2) is 11.0. The van der Waals surface area contributed by atoms with Gasteiger partial charge in [-0.3, -0.25) is 0 Å². The Morgan fingerprint density at radius 2 is 1.78 bits per heavy atom. The number of carbonyl (C=O) groups is 2. The molecule has 1 aliphatic carbocycles. The molecule has 0 heterocycles. The van der Waals surface area contributed by atoms with E-state index < -0.39 is 23.7 Å². The summed E-state index contributed by atoms with van der Waals surface area (Å²) in [4.78, 5) is 24.8. The number of hydrogen-bond donors (Lipinski definition) is 1. The number of carboxylic acid groups (broad SMARTS) is 1. The maximum absolute atomic E-state index is 14.2. The van der Waals surface area contributed by atoms with Crippen molar-refractivity contribution >= 4 is 23.4 Å². The van der Waals surface area contributed by atoms with Crippen LogP contribution < -0.4 is 4.90 Å². The summed E-state index contributed by atoms with van der Waals surface area (Å²) in [6.45, 7) is 1.80. The number of amides is 1. The Labute approximate surface area is 185 Å². The van der Waals surface area contributed by atoms with Gasteiger partial charge in [-0.25, -0.2) is 23.3 Å². The minimum atomic E-state index is -1.00. The van der Waals surface area contributed by atoms with Crippen LogP contribution in [0.4, 0.5) is 25.0 Å². The summed E-state index contributed by atoms with van der Waals surface area (Å²) in [5, 5.41) is 8.70. The Morgan fingerprint density at radius 1 is 1.06 bits per heavy atom. The molecule has 0 saturated heterocycles. The smallest absolute Gasteiger partial charge is 0.418 e. The molecule has 0 aliphatic heterocycles. The summed E-state index contributed by atoms with van der Waals surface area (Å²) < 4.78 is 38.8. The summed E-state index contributed by atoms with van der Waals surface area (Å²) in [5.41, 5.74) is 0.911. The molecule has 2 aromatic rings. The van der Waals surface area contributed by atoms with Crippen molar-refractivity contribution in [1.82, 2.24) is 0 Å². The van der Waals surface area contributed by atoms with E-state index in [0.29, 0.717) is 12.2 Å². The van der Waals surface area contributed by atoms with Crippen molar-refractivity contribution in [2.24, 2.45) is 11.8 Å². The van der Waals surface area contributed by atoms with Crippen molar-refractivity contribution in [3.63, 3.8) is 0 Å². The van der Waals surface area contributed by atoms with Crippen molar-refractivity contribution in [3.05, 3.63) is 59.7 Å². The number of nitrogens with zero attached hydrogens (tertiary/aromatic N) is 1. The molecule has 0 bridgehead atoms. The van der Waals surface area contributed by atoms with Crippen molar-refractivity contribution in [2.45, 2.75) is 32.6 Å². The molecule has 1 N–H and O–H groups in total. The molecule has 0 spiro atoms. The molecular formula is C24H27F2NO5. The first-order valence-corrected chi connectivity index (χ1v) is 10.6. The van der Waals surface area contributed by atoms with Crippen molar-refractivity contribution in [1.29, 1.82) is 0 Å². The molecule has 1 fully saturated rings. The van der Waals surface area contributed by atoms with Gasteiger partial charge in [-0.05, 0) is 73.9 Å². The lowest BCUT2D eigenvalue weighted by Gasteiger charge is -2.29. The van der Waals surface area contributed by atoms with Crippen LogP contribution in [-0.4, -0.2) is 37.0 Å². The second-order valence-electron chi connectivity index (χ2n) is 8.13. The van der Waals surface area contributed by atoms with Crippen molar-refractivity contribution in [3.8, 4) is 0 Å². The summed E-state index contributed by atoms with van der Waals surface area (Å²) >= 11 is 0. The molecule has 3 rings (SSSR count). The average molecular weight is 447 g/mol. The monoisotopic (exact) mass is 447 g/mol. The number of aliphatic carboxylic acids is 1. The number of aryl methyl sites for hydroxylation is 1. The molecule has 6 nitrogen and oxygen atoms in total. The zero-order valence-corrected chi connectivity index (χ0v) is 17.9. The number of halogens is 2. The number of anilines is 2. The fourth-order valence-corrected chi connectivity index (χ4v) is 3.97. The van der Waals surface area contributed by atoms with E-state index in [-0.39, 0.29) is 36.4 Å². The molecule has 2 unspecified atom stereocenters. The number of rotatable bonds is 8. The molecular weight excluding hydrogens is 420 g/mol. The Kier molecular flexibility index (Phi) is 8.16. The third-order valence-electron chi connectivity index (χ3n) is 5.58. The molecule has 2 atom stereocenters. The van der Waals surface area contributed by atoms with Crippen LogP contribution >= 0.6 is 0 Å². The van der Waals surface area contributed by atoms with E-state index in [9.17, 15) is 18.4 Å². The minimum absolute atomic E-state index is 0.107. The first-order chi connectivity index (χ1) is 15.3. The van der Waals surface area contributed by atoms with E-state index in [2.05, 4.69) is 0 Å². The van der Waals surface area contributed by atoms with Crippen LogP contribution in [0.3, 0.4) is 0 Å². The summed E-state index contributed by atoms with van der Waals surface area (Å²) in [6.07, 6.45) is 2.78. The fourth-order valence-electron chi connectivity index (χ4n) is 3.97. The van der Waals surface area contributed by atoms with E-state index in [1.807, 2.05) is 0 Å². The van der Waals surface area contributed by atoms with Gasteiger partial charge in [0.2, 0.25) is 0 Å². The van der Waals surface area contributed by atoms with Gasteiger partial charge in [-0.2, -0.15) is 0 Å². The van der Waals surface area contributed by atoms with E-state index in [1.54, 1.807) is 25.1 Å². The first-order valence-electron chi connectivity index (χ1n) is 10.6. The lowest BCUT2D eigenvalue weighted by Crippen LogP contribution is -2.30. The SMILES string of the molecule is Cc1ccc(N(C(=O)OCC2CCCC(COCC(=O)O)C2)c2cccc(F)c2)cc1F. The highest BCUT2D eigenvalue weighted by molar-refractivity contribution is 5.96. The quantitative estimate of drug-likeness (QED) is 0.582. The Balaban J connectivity index is 1.67. The van der Waals surface area contributed by atoms with Gasteiger partial charge in [0.1, 0.15) is 18.2 Å². The van der Waals surface area contributed by atoms with Gasteiger partial charge in [-0.15, -0.1) is 0 Å². The van der Waals surface area contributed by atoms with Gasteiger partial charge >= 0.3 is 12.1 Å². The van der Waals surface area contributed by atoms with E-state index in [0.717, 1.165) is 30.6 Å². The first kappa shape index (κ1) is 23.7. The number of benzene rings is 2. The molecule has 172 valence electrons. The molecule has 32 heavy (non-hydrogen) atoms. The molecule has 0 aromatic heterocycles. The number of carboxylic acids is 1. The predicted octanol–water partition coefficient (Wildman–Crippen LogP) is 5.46. The lowest BCUT2D eigenvalue weighted by atomic mass is 9.82. The molecule has 1 aliphatic rings. The van der Waals surface area contributed by atoms with Gasteiger partial charge in [0.05, 0.1) is 24.6 Å². The highest BCUT2D eigenvalue weighted by Gasteiger charge is 2.26. The molecule has 1 amide bonds. The highest BCUT2D eigenvalue weighted by atomic mass is 19.1. The van der Waals surface area contributed by atoms with Gasteiger partial charge in [0.25, 0.3) is 0 Å². The maximum Gasteiger partial charge on any atom is 0.418 e. The van der Waals surface area contributed by atoms with Crippen LogP contribution in [0.2, 0.25) is 0 Å². The van der Waals surface area contributed by atoms with Crippen LogP contribution in [0.25, 0.3) is 0 Å². The Morgan fingerprint density at radius 3 is 2.47 bits per heavy atom. The minimum Gasteiger partial charge on any atom is -0.480 e. The fraction of sp³-hybridized carbons (Fsp3) is 0.417. The van der Waals surface area contributed by atoms with E-state index in [1.165, 1.54) is 24.3 Å². The standard InChI is InChI=1S/C24H27F2NO5/c1-16-8-9-21(12-22(16)26)27(20-7-3-6-19(25)11-20)24(30)32-14-18-5-2-4-17(10-18)13-31-15-23(28)29/h3,6-9,11-12,17-18H,2,4-5,10,13-15H2,1H3,(H,28,29). The normalized spacial score (nSPS) is 18.2. The second-order valence-corrected chi connectivity index (χ2v) is 8.13. The Hall–Kier alpha value is -3.00. The number of ether oxygens (including phenoxy) is 2. The lowest BCUT2D eigenvalue weighted by molar-refractivity contribution is -0.142. The van der Waals surface area contributed by atoms with Crippen molar-refractivity contribution in [2.75, 3.05) is 24.7 Å². The van der Waals surface area contributed by atoms with Crippen molar-refractivity contribution < 1.29 is 33.0 Å². The summed E-state index contributed by atoms with van der Waals surface area (Å²) in [7, 11) is 0. The van der Waals surface area contributed by atoms with Crippen LogP contribution in [0, 0.1) is 30.4 Å². The van der Waals surface area contributed by atoms with Gasteiger partial charge in [-0.1, -0.05) is 18.6 Å². The predicted molar refractivity (Wildman–Crippen MR) is 115 cm³/mol. The maximum atomic E-state index is 14.2. The van der Waals surface area contributed by atoms with E-state index >= 15 is 0 Å². The van der Waals surface area contributed by atoms with Crippen LogP contribution in [0.1, 0.15) is 31.2 Å². The van der Waals surface area contributed by atoms with Crippen LogP contribution in [0.5, 0.6) is 0 Å². The van der Waals surface area contributed by atoms with Crippen LogP contribution in [0.15, 0.2) is 42.5 Å². The molecule has 1 saturated carbocycles. The topological polar surface area (TPSA) is 76.1 Å². The van der Waals surface area contributed by atoms with Gasteiger partial charge < -0.3 is 14.6 Å².